The summed E-state index contributed by atoms with van der Waals surface area (Å²) >= 11 is 0. The van der Waals surface area contributed by atoms with Gasteiger partial charge >= 0.3 is 5.97 Å². The third-order valence-electron chi connectivity index (χ3n) is 4.08. The number of amides is 1. The van der Waals surface area contributed by atoms with Crippen molar-refractivity contribution in [2.75, 3.05) is 35.0 Å². The van der Waals surface area contributed by atoms with Gasteiger partial charge in [0.15, 0.2) is 11.5 Å². The van der Waals surface area contributed by atoms with Crippen LogP contribution in [0, 0.1) is 0 Å². The van der Waals surface area contributed by atoms with Crippen LogP contribution >= 0.6 is 0 Å². The van der Waals surface area contributed by atoms with Gasteiger partial charge in [0.1, 0.15) is 0 Å². The summed E-state index contributed by atoms with van der Waals surface area (Å²) in [5, 5.41) is 0. The quantitative estimate of drug-likeness (QED) is 0.635. The lowest BCUT2D eigenvalue weighted by molar-refractivity contribution is -0.140. The summed E-state index contributed by atoms with van der Waals surface area (Å²) < 4.78 is 20.6. The lowest BCUT2D eigenvalue weighted by atomic mass is 10.1. The summed E-state index contributed by atoms with van der Waals surface area (Å²) in [6, 6.07) is 3.19. The van der Waals surface area contributed by atoms with E-state index < -0.39 is 0 Å². The molecule has 7 nitrogen and oxygen atoms in total. The Morgan fingerprint density at radius 3 is 2.00 bits per heavy atom. The Kier molecular flexibility index (Phi) is 8.04. The SMILES string of the molecule is CCC(C)N(CCC(=O)OC)C(=O)c1cc(OC)c(OC)c(OC)c1. The maximum Gasteiger partial charge on any atom is 0.307 e. The van der Waals surface area contributed by atoms with Crippen LogP contribution in [0.15, 0.2) is 12.1 Å². The van der Waals surface area contributed by atoms with Gasteiger partial charge < -0.3 is 23.8 Å². The zero-order valence-corrected chi connectivity index (χ0v) is 15.8. The molecule has 1 aromatic rings. The average molecular weight is 353 g/mol. The predicted molar refractivity (Wildman–Crippen MR) is 93.5 cm³/mol. The van der Waals surface area contributed by atoms with Crippen molar-refractivity contribution in [1.29, 1.82) is 0 Å². The predicted octanol–water partition coefficient (Wildman–Crippen LogP) is 2.52. The molecule has 0 radical (unpaired) electrons. The van der Waals surface area contributed by atoms with Crippen LogP contribution in [0.4, 0.5) is 0 Å². The third-order valence-corrected chi connectivity index (χ3v) is 4.08. The summed E-state index contributed by atoms with van der Waals surface area (Å²) in [5.74, 6) is 0.666. The molecule has 0 saturated carbocycles. The molecule has 1 rings (SSSR count). The van der Waals surface area contributed by atoms with Crippen LogP contribution in [0.25, 0.3) is 0 Å². The minimum atomic E-state index is -0.356. The first-order chi connectivity index (χ1) is 11.9. The fourth-order valence-electron chi connectivity index (χ4n) is 2.43. The Bertz CT molecular complexity index is 576. The van der Waals surface area contributed by atoms with E-state index in [0.717, 1.165) is 6.42 Å². The number of rotatable bonds is 9. The molecular formula is C18H27NO6. The van der Waals surface area contributed by atoms with Crippen molar-refractivity contribution in [2.45, 2.75) is 32.7 Å². The molecule has 0 spiro atoms. The number of carbonyl (C=O) groups is 2. The van der Waals surface area contributed by atoms with Crippen molar-refractivity contribution < 1.29 is 28.5 Å². The zero-order chi connectivity index (χ0) is 19.0. The summed E-state index contributed by atoms with van der Waals surface area (Å²) in [5.41, 5.74) is 0.402. The van der Waals surface area contributed by atoms with Crippen LogP contribution in [0.5, 0.6) is 17.2 Å². The maximum absolute atomic E-state index is 13.0. The first-order valence-electron chi connectivity index (χ1n) is 8.11. The van der Waals surface area contributed by atoms with Gasteiger partial charge in [0.2, 0.25) is 5.75 Å². The lowest BCUT2D eigenvalue weighted by Crippen LogP contribution is -2.39. The smallest absolute Gasteiger partial charge is 0.307 e. The van der Waals surface area contributed by atoms with Gasteiger partial charge in [-0.05, 0) is 25.5 Å². The highest BCUT2D eigenvalue weighted by molar-refractivity contribution is 5.96. The van der Waals surface area contributed by atoms with Gasteiger partial charge in [0, 0.05) is 18.2 Å². The van der Waals surface area contributed by atoms with E-state index in [1.54, 1.807) is 17.0 Å². The van der Waals surface area contributed by atoms with Gasteiger partial charge in [-0.1, -0.05) is 6.92 Å². The van der Waals surface area contributed by atoms with Gasteiger partial charge in [-0.3, -0.25) is 9.59 Å². The van der Waals surface area contributed by atoms with Crippen molar-refractivity contribution in [3.05, 3.63) is 17.7 Å². The molecule has 1 unspecified atom stereocenters. The molecule has 7 heteroatoms. The van der Waals surface area contributed by atoms with Crippen LogP contribution in [0.3, 0.4) is 0 Å². The first kappa shape index (κ1) is 20.6. The van der Waals surface area contributed by atoms with Gasteiger partial charge in [0.25, 0.3) is 5.91 Å². The molecule has 0 aliphatic heterocycles. The van der Waals surface area contributed by atoms with Crippen LogP contribution in [-0.4, -0.2) is 57.8 Å². The second-order valence-corrected chi connectivity index (χ2v) is 5.50. The highest BCUT2D eigenvalue weighted by Crippen LogP contribution is 2.38. The highest BCUT2D eigenvalue weighted by atomic mass is 16.5. The standard InChI is InChI=1S/C18H27NO6/c1-7-12(2)19(9-8-16(20)24-5)18(21)13-10-14(22-3)17(25-6)15(11-13)23-4/h10-12H,7-9H2,1-6H3. The fourth-order valence-corrected chi connectivity index (χ4v) is 2.43. The second kappa shape index (κ2) is 9.76. The molecule has 0 saturated heterocycles. The van der Waals surface area contributed by atoms with Gasteiger partial charge in [0.05, 0.1) is 34.9 Å². The van der Waals surface area contributed by atoms with E-state index in [4.69, 9.17) is 14.2 Å². The molecule has 0 bridgehead atoms. The summed E-state index contributed by atoms with van der Waals surface area (Å²) in [4.78, 5) is 26.1. The number of esters is 1. The van der Waals surface area contributed by atoms with Gasteiger partial charge in [-0.15, -0.1) is 0 Å². The van der Waals surface area contributed by atoms with Crippen molar-refractivity contribution in [3.63, 3.8) is 0 Å². The molecule has 0 fully saturated rings. The van der Waals surface area contributed by atoms with E-state index in [0.29, 0.717) is 22.8 Å². The Morgan fingerprint density at radius 1 is 1.04 bits per heavy atom. The minimum Gasteiger partial charge on any atom is -0.493 e. The largest absolute Gasteiger partial charge is 0.493 e. The fraction of sp³-hybridized carbons (Fsp3) is 0.556. The van der Waals surface area contributed by atoms with E-state index in [2.05, 4.69) is 4.74 Å². The van der Waals surface area contributed by atoms with Crippen molar-refractivity contribution >= 4 is 11.9 Å². The summed E-state index contributed by atoms with van der Waals surface area (Å²) in [6.07, 6.45) is 0.897. The number of nitrogens with zero attached hydrogens (tertiary/aromatic N) is 1. The molecule has 1 atom stereocenters. The minimum absolute atomic E-state index is 0.0313. The molecule has 140 valence electrons. The summed E-state index contributed by atoms with van der Waals surface area (Å²) in [7, 11) is 5.82. The van der Waals surface area contributed by atoms with E-state index in [1.165, 1.54) is 28.4 Å². The van der Waals surface area contributed by atoms with E-state index in [-0.39, 0.29) is 30.9 Å². The second-order valence-electron chi connectivity index (χ2n) is 5.50. The monoisotopic (exact) mass is 353 g/mol. The maximum atomic E-state index is 13.0. The molecule has 1 amide bonds. The van der Waals surface area contributed by atoms with Crippen LogP contribution in [0.1, 0.15) is 37.0 Å². The Hall–Kier alpha value is -2.44. The van der Waals surface area contributed by atoms with Gasteiger partial charge in [-0.25, -0.2) is 0 Å². The molecule has 0 aliphatic carbocycles. The van der Waals surface area contributed by atoms with Crippen molar-refractivity contribution in [3.8, 4) is 17.2 Å². The van der Waals surface area contributed by atoms with E-state index in [1.807, 2.05) is 13.8 Å². The van der Waals surface area contributed by atoms with Gasteiger partial charge in [-0.2, -0.15) is 0 Å². The first-order valence-corrected chi connectivity index (χ1v) is 8.11. The number of methoxy groups -OCH3 is 4. The Labute approximate surface area is 148 Å². The van der Waals surface area contributed by atoms with E-state index in [9.17, 15) is 9.59 Å². The summed E-state index contributed by atoms with van der Waals surface area (Å²) in [6.45, 7) is 4.20. The van der Waals surface area contributed by atoms with E-state index >= 15 is 0 Å². The average Bonchev–Trinajstić information content (AvgIpc) is 2.65. The van der Waals surface area contributed by atoms with Crippen LogP contribution < -0.4 is 14.2 Å². The third kappa shape index (κ3) is 5.01. The molecule has 1 aromatic carbocycles. The molecule has 25 heavy (non-hydrogen) atoms. The Morgan fingerprint density at radius 2 is 1.60 bits per heavy atom. The molecule has 0 heterocycles. The topological polar surface area (TPSA) is 74.3 Å². The van der Waals surface area contributed by atoms with Crippen molar-refractivity contribution in [2.24, 2.45) is 0 Å². The Balaban J connectivity index is 3.20. The number of benzene rings is 1. The highest BCUT2D eigenvalue weighted by Gasteiger charge is 2.24. The number of hydrogen-bond donors (Lipinski definition) is 0. The van der Waals surface area contributed by atoms with Crippen LogP contribution in [0.2, 0.25) is 0 Å². The molecule has 0 aromatic heterocycles. The lowest BCUT2D eigenvalue weighted by Gasteiger charge is -2.29. The van der Waals surface area contributed by atoms with Crippen molar-refractivity contribution in [1.82, 2.24) is 4.90 Å². The zero-order valence-electron chi connectivity index (χ0n) is 15.8. The number of ether oxygens (including phenoxy) is 4. The molecule has 0 aliphatic rings. The molecular weight excluding hydrogens is 326 g/mol. The van der Waals surface area contributed by atoms with Crippen LogP contribution in [-0.2, 0) is 9.53 Å². The normalized spacial score (nSPS) is 11.4. The molecule has 0 N–H and O–H groups in total. The number of hydrogen-bond acceptors (Lipinski definition) is 6. The number of carbonyl (C=O) groups excluding carboxylic acids is 2.